The number of allylic oxidation sites excluding steroid dienone is 4. The normalized spacial score (nSPS) is 21.0. The molecule has 2 aliphatic rings. The minimum Gasteiger partial charge on any atom is -0.495 e. The zero-order valence-electron chi connectivity index (χ0n) is 20.9. The van der Waals surface area contributed by atoms with Crippen LogP contribution in [0.1, 0.15) is 53.4 Å². The quantitative estimate of drug-likeness (QED) is 0.515. The monoisotopic (exact) mass is 496 g/mol. The van der Waals surface area contributed by atoms with Crippen molar-refractivity contribution in [2.75, 3.05) is 32.1 Å². The fourth-order valence-electron chi connectivity index (χ4n) is 3.78. The highest BCUT2D eigenvalue weighted by Crippen LogP contribution is 2.40. The smallest absolute Gasteiger partial charge is 0.410 e. The molecule has 0 bridgehead atoms. The second kappa shape index (κ2) is 11.5. The summed E-state index contributed by atoms with van der Waals surface area (Å²) < 4.78 is 52.0. The summed E-state index contributed by atoms with van der Waals surface area (Å²) in [5.41, 5.74) is -1.92. The Bertz CT molecular complexity index is 959. The maximum absolute atomic E-state index is 15.4. The summed E-state index contributed by atoms with van der Waals surface area (Å²) in [6.07, 6.45) is 3.19. The van der Waals surface area contributed by atoms with Crippen molar-refractivity contribution in [1.29, 1.82) is 0 Å². The van der Waals surface area contributed by atoms with Crippen molar-refractivity contribution in [1.82, 2.24) is 14.9 Å². The molecule has 0 aromatic carbocycles. The lowest BCUT2D eigenvalue weighted by molar-refractivity contribution is 0.0500. The van der Waals surface area contributed by atoms with Gasteiger partial charge >= 0.3 is 6.09 Å². The number of likely N-dealkylation sites (tertiary alicyclic amines) is 1. The lowest BCUT2D eigenvalue weighted by Gasteiger charge is -2.32. The average Bonchev–Trinajstić information content (AvgIpc) is 2.80. The van der Waals surface area contributed by atoms with E-state index in [1.54, 1.807) is 18.7 Å². The number of nitrogens with one attached hydrogen (secondary N) is 1. The third kappa shape index (κ3) is 6.73. The van der Waals surface area contributed by atoms with Crippen molar-refractivity contribution in [2.24, 2.45) is 0 Å². The first-order valence-electron chi connectivity index (χ1n) is 11.8. The van der Waals surface area contributed by atoms with Crippen LogP contribution in [-0.2, 0) is 9.47 Å². The Morgan fingerprint density at radius 2 is 2.03 bits per heavy atom. The number of carbonyl (C=O) groups excluding carboxylic acids is 1. The van der Waals surface area contributed by atoms with Crippen LogP contribution >= 0.6 is 0 Å². The van der Waals surface area contributed by atoms with Gasteiger partial charge < -0.3 is 29.2 Å². The minimum atomic E-state index is -1.91. The van der Waals surface area contributed by atoms with E-state index in [0.717, 1.165) is 6.08 Å². The zero-order chi connectivity index (χ0) is 25.6. The molecule has 0 saturated carbocycles. The molecule has 1 atom stereocenters. The summed E-state index contributed by atoms with van der Waals surface area (Å²) >= 11 is 0. The number of rotatable bonds is 9. The number of piperidine rings is 1. The first-order valence-corrected chi connectivity index (χ1v) is 11.8. The minimum absolute atomic E-state index is 0.00954. The molecule has 194 valence electrons. The topological polar surface area (TPSA) is 95.0 Å². The molecule has 3 rings (SSSR count). The van der Waals surface area contributed by atoms with E-state index in [0.29, 0.717) is 39.0 Å². The van der Waals surface area contributed by atoms with Gasteiger partial charge in [-0.1, -0.05) is 6.92 Å². The van der Waals surface area contributed by atoms with E-state index >= 15 is 4.39 Å². The van der Waals surface area contributed by atoms with Crippen molar-refractivity contribution in [3.63, 3.8) is 0 Å². The summed E-state index contributed by atoms with van der Waals surface area (Å²) in [5, 5.41) is 2.85. The van der Waals surface area contributed by atoms with Gasteiger partial charge in [0.05, 0.1) is 25.5 Å². The van der Waals surface area contributed by atoms with Gasteiger partial charge in [0.2, 0.25) is 5.75 Å². The Labute approximate surface area is 204 Å². The molecular weight excluding hydrogens is 462 g/mol. The standard InChI is InChI=1S/C24H34F2N4O5/c1-6-11-33-18-13-24(4,26)19(12-17(18)25)29-21-20(32-5)22(28-14-27-21)35-16-7-9-30(10-8-16)23(31)34-15(2)3/h12,14-16H,6-11,13H2,1-5H3,(H,27,28,29). The second-order valence-electron chi connectivity index (χ2n) is 8.97. The highest BCUT2D eigenvalue weighted by atomic mass is 19.1. The molecule has 1 unspecified atom stereocenters. The molecule has 0 spiro atoms. The number of carbonyl (C=O) groups is 1. The highest BCUT2D eigenvalue weighted by Gasteiger charge is 2.37. The third-order valence-electron chi connectivity index (χ3n) is 5.62. The van der Waals surface area contributed by atoms with Gasteiger partial charge in [-0.05, 0) is 33.3 Å². The average molecular weight is 497 g/mol. The van der Waals surface area contributed by atoms with E-state index in [1.165, 1.54) is 20.4 Å². The number of alkyl halides is 1. The van der Waals surface area contributed by atoms with Crippen LogP contribution in [0.25, 0.3) is 0 Å². The molecule has 1 aliphatic heterocycles. The molecule has 35 heavy (non-hydrogen) atoms. The van der Waals surface area contributed by atoms with Crippen LogP contribution in [0.2, 0.25) is 0 Å². The van der Waals surface area contributed by atoms with Crippen molar-refractivity contribution in [3.05, 3.63) is 29.7 Å². The Morgan fingerprint density at radius 1 is 1.31 bits per heavy atom. The predicted molar refractivity (Wildman–Crippen MR) is 126 cm³/mol. The van der Waals surface area contributed by atoms with Crippen molar-refractivity contribution < 1.29 is 32.5 Å². The summed E-state index contributed by atoms with van der Waals surface area (Å²) in [6.45, 7) is 8.12. The summed E-state index contributed by atoms with van der Waals surface area (Å²) in [6, 6.07) is 0. The van der Waals surface area contributed by atoms with Gasteiger partial charge in [0.1, 0.15) is 18.2 Å². The Kier molecular flexibility index (Phi) is 8.74. The number of aromatic nitrogens is 2. The largest absolute Gasteiger partial charge is 0.495 e. The fourth-order valence-corrected chi connectivity index (χ4v) is 3.78. The van der Waals surface area contributed by atoms with E-state index in [9.17, 15) is 9.18 Å². The van der Waals surface area contributed by atoms with Crippen LogP contribution in [0, 0.1) is 0 Å². The van der Waals surface area contributed by atoms with Gasteiger partial charge in [-0.3, -0.25) is 0 Å². The van der Waals surface area contributed by atoms with Gasteiger partial charge in [-0.25, -0.2) is 18.6 Å². The van der Waals surface area contributed by atoms with Gasteiger partial charge in [-0.15, -0.1) is 0 Å². The molecule has 1 fully saturated rings. The van der Waals surface area contributed by atoms with E-state index in [-0.39, 0.29) is 53.6 Å². The summed E-state index contributed by atoms with van der Waals surface area (Å²) in [5.74, 6) is -0.152. The lowest BCUT2D eigenvalue weighted by Crippen LogP contribution is -2.42. The molecule has 1 saturated heterocycles. The van der Waals surface area contributed by atoms with Crippen LogP contribution in [0.3, 0.4) is 0 Å². The molecule has 1 aromatic heterocycles. The molecule has 11 heteroatoms. The number of ether oxygens (including phenoxy) is 4. The van der Waals surface area contributed by atoms with Crippen LogP contribution in [0.4, 0.5) is 19.4 Å². The highest BCUT2D eigenvalue weighted by molar-refractivity contribution is 5.68. The van der Waals surface area contributed by atoms with E-state index in [2.05, 4.69) is 15.3 Å². The number of hydrogen-bond donors (Lipinski definition) is 1. The van der Waals surface area contributed by atoms with E-state index in [4.69, 9.17) is 18.9 Å². The van der Waals surface area contributed by atoms with E-state index < -0.39 is 11.5 Å². The van der Waals surface area contributed by atoms with Gasteiger partial charge in [-0.2, -0.15) is 4.98 Å². The third-order valence-corrected chi connectivity index (χ3v) is 5.62. The molecular formula is C24H34F2N4O5. The van der Waals surface area contributed by atoms with Crippen LogP contribution in [0.5, 0.6) is 11.6 Å². The second-order valence-corrected chi connectivity index (χ2v) is 8.97. The Hall–Kier alpha value is -3.11. The Balaban J connectivity index is 1.71. The Morgan fingerprint density at radius 3 is 2.66 bits per heavy atom. The van der Waals surface area contributed by atoms with Gasteiger partial charge in [0, 0.05) is 32.4 Å². The van der Waals surface area contributed by atoms with Crippen LogP contribution in [0.15, 0.2) is 29.7 Å². The molecule has 2 heterocycles. The fraction of sp³-hybridized carbons (Fsp3) is 0.625. The first kappa shape index (κ1) is 26.5. The SMILES string of the molecule is CCCOC1=C(F)C=C(Nc2ncnc(OC3CCN(C(=O)OC(C)C)CC3)c2OC)C(C)(F)C1. The number of amides is 1. The number of hydrogen-bond acceptors (Lipinski definition) is 8. The summed E-state index contributed by atoms with van der Waals surface area (Å²) in [7, 11) is 1.42. The summed E-state index contributed by atoms with van der Waals surface area (Å²) in [4.78, 5) is 22.1. The number of methoxy groups -OCH3 is 1. The van der Waals surface area contributed by atoms with Gasteiger partial charge in [0.15, 0.2) is 17.3 Å². The molecule has 1 aliphatic carbocycles. The molecule has 1 N–H and O–H groups in total. The maximum atomic E-state index is 15.4. The first-order chi connectivity index (χ1) is 16.6. The van der Waals surface area contributed by atoms with Crippen LogP contribution < -0.4 is 14.8 Å². The van der Waals surface area contributed by atoms with Crippen LogP contribution in [-0.4, -0.2) is 65.6 Å². The van der Waals surface area contributed by atoms with Gasteiger partial charge in [0.25, 0.3) is 5.88 Å². The molecule has 9 nitrogen and oxygen atoms in total. The number of halogens is 2. The zero-order valence-corrected chi connectivity index (χ0v) is 20.9. The van der Waals surface area contributed by atoms with E-state index in [1.807, 2.05) is 6.92 Å². The number of anilines is 1. The lowest BCUT2D eigenvalue weighted by atomic mass is 9.93. The van der Waals surface area contributed by atoms with Crippen molar-refractivity contribution in [2.45, 2.75) is 71.3 Å². The van der Waals surface area contributed by atoms with Crippen molar-refractivity contribution >= 4 is 11.9 Å². The maximum Gasteiger partial charge on any atom is 0.410 e. The predicted octanol–water partition coefficient (Wildman–Crippen LogP) is 4.91. The molecule has 1 aromatic rings. The number of nitrogens with zero attached hydrogens (tertiary/aromatic N) is 3. The van der Waals surface area contributed by atoms with Crippen molar-refractivity contribution in [3.8, 4) is 11.6 Å². The molecule has 1 amide bonds. The molecule has 0 radical (unpaired) electrons.